The minimum Gasteiger partial charge on any atom is -0.376 e. The Morgan fingerprint density at radius 3 is 2.43 bits per heavy atom. The van der Waals surface area contributed by atoms with E-state index in [0.717, 1.165) is 12.5 Å². The van der Waals surface area contributed by atoms with Gasteiger partial charge in [0.1, 0.15) is 0 Å². The van der Waals surface area contributed by atoms with Crippen LogP contribution < -0.4 is 10.6 Å². The Labute approximate surface area is 89.2 Å². The standard InChI is InChI=1S/C12H26N2/c1-5-8-12(6-2)9-10-14-11(4)13-7-3/h9-14H,5-8H2,1-4H3/b10-9+. The molecule has 0 rings (SSSR count). The summed E-state index contributed by atoms with van der Waals surface area (Å²) in [5.41, 5.74) is 0. The largest absolute Gasteiger partial charge is 0.376 e. The third-order valence-electron chi connectivity index (χ3n) is 2.41. The van der Waals surface area contributed by atoms with Gasteiger partial charge in [-0.2, -0.15) is 0 Å². The van der Waals surface area contributed by atoms with Crippen molar-refractivity contribution in [2.24, 2.45) is 5.92 Å². The summed E-state index contributed by atoms with van der Waals surface area (Å²) in [5, 5.41) is 6.62. The van der Waals surface area contributed by atoms with E-state index in [1.54, 1.807) is 0 Å². The maximum atomic E-state index is 3.32. The van der Waals surface area contributed by atoms with Gasteiger partial charge in [-0.25, -0.2) is 0 Å². The van der Waals surface area contributed by atoms with Gasteiger partial charge in [-0.1, -0.05) is 33.3 Å². The highest BCUT2D eigenvalue weighted by atomic mass is 15.1. The predicted octanol–water partition coefficient (Wildman–Crippen LogP) is 2.87. The van der Waals surface area contributed by atoms with Gasteiger partial charge < -0.3 is 5.32 Å². The van der Waals surface area contributed by atoms with Gasteiger partial charge in [-0.15, -0.1) is 0 Å². The summed E-state index contributed by atoms with van der Waals surface area (Å²) < 4.78 is 0. The van der Waals surface area contributed by atoms with Crippen molar-refractivity contribution in [2.45, 2.75) is 53.1 Å². The van der Waals surface area contributed by atoms with E-state index in [-0.39, 0.29) is 0 Å². The number of allylic oxidation sites excluding steroid dienone is 1. The SMILES string of the molecule is CCCC(/C=C/NC(C)NCC)CC. The van der Waals surface area contributed by atoms with Crippen LogP contribution in [-0.4, -0.2) is 12.7 Å². The van der Waals surface area contributed by atoms with E-state index in [0.29, 0.717) is 6.17 Å². The molecule has 2 unspecified atom stereocenters. The molecule has 0 aliphatic carbocycles. The van der Waals surface area contributed by atoms with E-state index >= 15 is 0 Å². The van der Waals surface area contributed by atoms with Crippen LogP contribution in [0.5, 0.6) is 0 Å². The van der Waals surface area contributed by atoms with Crippen LogP contribution in [0.3, 0.4) is 0 Å². The minimum absolute atomic E-state index is 0.371. The molecular weight excluding hydrogens is 172 g/mol. The van der Waals surface area contributed by atoms with Gasteiger partial charge in [0.25, 0.3) is 0 Å². The fourth-order valence-corrected chi connectivity index (χ4v) is 1.51. The highest BCUT2D eigenvalue weighted by molar-refractivity contribution is 4.87. The van der Waals surface area contributed by atoms with Crippen molar-refractivity contribution in [3.63, 3.8) is 0 Å². The summed E-state index contributed by atoms with van der Waals surface area (Å²) in [6, 6.07) is 0. The van der Waals surface area contributed by atoms with Gasteiger partial charge in [0.15, 0.2) is 0 Å². The van der Waals surface area contributed by atoms with E-state index in [4.69, 9.17) is 0 Å². The predicted molar refractivity (Wildman–Crippen MR) is 64.1 cm³/mol. The lowest BCUT2D eigenvalue weighted by molar-refractivity contribution is 0.513. The first-order valence-electron chi connectivity index (χ1n) is 5.90. The molecule has 0 radical (unpaired) electrons. The first kappa shape index (κ1) is 13.5. The van der Waals surface area contributed by atoms with Crippen molar-refractivity contribution in [3.05, 3.63) is 12.3 Å². The topological polar surface area (TPSA) is 24.1 Å². The Morgan fingerprint density at radius 2 is 1.93 bits per heavy atom. The van der Waals surface area contributed by atoms with E-state index in [1.807, 2.05) is 0 Å². The van der Waals surface area contributed by atoms with Crippen LogP contribution in [0.2, 0.25) is 0 Å². The van der Waals surface area contributed by atoms with Gasteiger partial charge in [0.05, 0.1) is 6.17 Å². The van der Waals surface area contributed by atoms with Crippen LogP contribution in [0.1, 0.15) is 47.0 Å². The normalized spacial score (nSPS) is 15.7. The van der Waals surface area contributed by atoms with Crippen LogP contribution in [0.25, 0.3) is 0 Å². The molecule has 84 valence electrons. The van der Waals surface area contributed by atoms with Crippen molar-refractivity contribution in [2.75, 3.05) is 6.54 Å². The monoisotopic (exact) mass is 198 g/mol. The van der Waals surface area contributed by atoms with Crippen LogP contribution in [0, 0.1) is 5.92 Å². The quantitative estimate of drug-likeness (QED) is 0.586. The highest BCUT2D eigenvalue weighted by Gasteiger charge is 1.99. The summed E-state index contributed by atoms with van der Waals surface area (Å²) in [4.78, 5) is 0. The van der Waals surface area contributed by atoms with Crippen molar-refractivity contribution < 1.29 is 0 Å². The minimum atomic E-state index is 0.371. The lowest BCUT2D eigenvalue weighted by Crippen LogP contribution is -2.36. The van der Waals surface area contributed by atoms with Crippen LogP contribution in [0.15, 0.2) is 12.3 Å². The molecule has 2 atom stereocenters. The fourth-order valence-electron chi connectivity index (χ4n) is 1.51. The molecule has 0 saturated carbocycles. The maximum absolute atomic E-state index is 3.32. The molecule has 0 aliphatic heterocycles. The molecule has 0 aromatic rings. The fraction of sp³-hybridized carbons (Fsp3) is 0.833. The molecule has 2 N–H and O–H groups in total. The molecule has 0 amide bonds. The second kappa shape index (κ2) is 9.07. The molecule has 0 aliphatic rings. The van der Waals surface area contributed by atoms with Crippen molar-refractivity contribution in [1.82, 2.24) is 10.6 Å². The second-order valence-corrected chi connectivity index (χ2v) is 3.76. The highest BCUT2D eigenvalue weighted by Crippen LogP contribution is 2.11. The molecule has 0 bridgehead atoms. The Morgan fingerprint density at radius 1 is 1.21 bits per heavy atom. The first-order valence-corrected chi connectivity index (χ1v) is 5.90. The number of nitrogens with one attached hydrogen (secondary N) is 2. The summed E-state index contributed by atoms with van der Waals surface area (Å²) in [6.07, 6.45) is 8.56. The summed E-state index contributed by atoms with van der Waals surface area (Å²) in [6.45, 7) is 9.75. The van der Waals surface area contributed by atoms with Gasteiger partial charge in [-0.3, -0.25) is 5.32 Å². The molecule has 2 heteroatoms. The van der Waals surface area contributed by atoms with Gasteiger partial charge >= 0.3 is 0 Å². The summed E-state index contributed by atoms with van der Waals surface area (Å²) in [5.74, 6) is 0.737. The lowest BCUT2D eigenvalue weighted by atomic mass is 10.0. The van der Waals surface area contributed by atoms with E-state index in [1.165, 1.54) is 19.3 Å². The lowest BCUT2D eigenvalue weighted by Gasteiger charge is -2.13. The molecule has 0 heterocycles. The molecule has 0 aromatic carbocycles. The Balaban J connectivity index is 3.66. The number of rotatable bonds is 8. The van der Waals surface area contributed by atoms with Gasteiger partial charge in [-0.05, 0) is 38.4 Å². The van der Waals surface area contributed by atoms with E-state index < -0.39 is 0 Å². The van der Waals surface area contributed by atoms with Crippen LogP contribution in [-0.2, 0) is 0 Å². The second-order valence-electron chi connectivity index (χ2n) is 3.76. The van der Waals surface area contributed by atoms with E-state index in [9.17, 15) is 0 Å². The van der Waals surface area contributed by atoms with Crippen molar-refractivity contribution >= 4 is 0 Å². The van der Waals surface area contributed by atoms with Crippen molar-refractivity contribution in [3.8, 4) is 0 Å². The third-order valence-corrected chi connectivity index (χ3v) is 2.41. The summed E-state index contributed by atoms with van der Waals surface area (Å²) in [7, 11) is 0. The van der Waals surface area contributed by atoms with Crippen LogP contribution in [0.4, 0.5) is 0 Å². The molecule has 0 aromatic heterocycles. The average molecular weight is 198 g/mol. The van der Waals surface area contributed by atoms with Gasteiger partial charge in [0.2, 0.25) is 0 Å². The zero-order valence-electron chi connectivity index (χ0n) is 10.1. The van der Waals surface area contributed by atoms with E-state index in [2.05, 4.69) is 50.6 Å². The van der Waals surface area contributed by atoms with Gasteiger partial charge in [0, 0.05) is 0 Å². The Kier molecular flexibility index (Phi) is 8.75. The summed E-state index contributed by atoms with van der Waals surface area (Å²) >= 11 is 0. The smallest absolute Gasteiger partial charge is 0.0734 e. The zero-order valence-corrected chi connectivity index (χ0v) is 10.1. The number of hydrogen-bond acceptors (Lipinski definition) is 2. The maximum Gasteiger partial charge on any atom is 0.0734 e. The molecular formula is C12H26N2. The molecule has 0 fully saturated rings. The zero-order chi connectivity index (χ0) is 10.8. The molecule has 0 spiro atoms. The van der Waals surface area contributed by atoms with Crippen LogP contribution >= 0.6 is 0 Å². The average Bonchev–Trinajstić information content (AvgIpc) is 2.17. The third kappa shape index (κ3) is 6.96. The molecule has 0 saturated heterocycles. The first-order chi connectivity index (χ1) is 6.74. The Bertz CT molecular complexity index is 143. The molecule has 2 nitrogen and oxygen atoms in total. The number of hydrogen-bond donors (Lipinski definition) is 2. The van der Waals surface area contributed by atoms with Crippen molar-refractivity contribution in [1.29, 1.82) is 0 Å². The molecule has 14 heavy (non-hydrogen) atoms. The Hall–Kier alpha value is -0.500.